The summed E-state index contributed by atoms with van der Waals surface area (Å²) in [6.07, 6.45) is -0.877. The molecule has 0 spiro atoms. The number of aliphatic hydroxyl groups is 1. The van der Waals surface area contributed by atoms with Crippen molar-refractivity contribution in [3.63, 3.8) is 0 Å². The summed E-state index contributed by atoms with van der Waals surface area (Å²) in [7, 11) is 4.63. The number of nitrogens with one attached hydrogen (secondary N) is 1. The summed E-state index contributed by atoms with van der Waals surface area (Å²) in [6, 6.07) is 7.52. The molecule has 0 saturated heterocycles. The molecule has 0 saturated carbocycles. The van der Waals surface area contributed by atoms with E-state index in [9.17, 15) is 14.7 Å². The van der Waals surface area contributed by atoms with Gasteiger partial charge in [-0.05, 0) is 19.1 Å². The van der Waals surface area contributed by atoms with Crippen molar-refractivity contribution in [3.05, 3.63) is 50.7 Å². The van der Waals surface area contributed by atoms with Gasteiger partial charge in [0, 0.05) is 21.1 Å². The van der Waals surface area contributed by atoms with E-state index < -0.39 is 17.4 Å². The molecule has 144 valence electrons. The number of fused-ring (bicyclic) bond motifs is 1. The lowest BCUT2D eigenvalue weighted by molar-refractivity contribution is 0.0938. The number of aromatic nitrogens is 4. The monoisotopic (exact) mass is 373 g/mol. The normalized spacial score (nSPS) is 12.3. The second-order valence-electron chi connectivity index (χ2n) is 6.45. The number of anilines is 1. The molecule has 2 aromatic heterocycles. The second-order valence-corrected chi connectivity index (χ2v) is 6.45. The quantitative estimate of drug-likeness (QED) is 0.641. The topological polar surface area (TPSA) is 103 Å². The Balaban J connectivity index is 1.90. The van der Waals surface area contributed by atoms with E-state index in [4.69, 9.17) is 4.74 Å². The first kappa shape index (κ1) is 18.7. The first-order valence-corrected chi connectivity index (χ1v) is 8.55. The number of hydrogen-bond donors (Lipinski definition) is 2. The highest BCUT2D eigenvalue weighted by Gasteiger charge is 2.20. The van der Waals surface area contributed by atoms with Crippen LogP contribution < -0.4 is 21.3 Å². The van der Waals surface area contributed by atoms with E-state index in [0.717, 1.165) is 10.1 Å². The fraction of sp³-hybridized carbons (Fsp3) is 0.389. The Kier molecular flexibility index (Phi) is 5.04. The summed E-state index contributed by atoms with van der Waals surface area (Å²) in [5, 5.41) is 13.3. The van der Waals surface area contributed by atoms with Crippen LogP contribution in [0.3, 0.4) is 0 Å². The summed E-state index contributed by atoms with van der Waals surface area (Å²) < 4.78 is 9.51. The van der Waals surface area contributed by atoms with E-state index in [2.05, 4.69) is 10.3 Å². The van der Waals surface area contributed by atoms with Crippen LogP contribution in [0.5, 0.6) is 5.75 Å². The van der Waals surface area contributed by atoms with E-state index in [1.54, 1.807) is 18.7 Å². The van der Waals surface area contributed by atoms with E-state index >= 15 is 0 Å². The molecule has 3 aromatic rings. The van der Waals surface area contributed by atoms with Crippen LogP contribution in [0.25, 0.3) is 11.2 Å². The zero-order chi connectivity index (χ0) is 19.7. The third kappa shape index (κ3) is 3.45. The van der Waals surface area contributed by atoms with Gasteiger partial charge in [-0.15, -0.1) is 0 Å². The van der Waals surface area contributed by atoms with E-state index in [1.807, 2.05) is 31.2 Å². The average Bonchev–Trinajstić information content (AvgIpc) is 3.02. The number of rotatable bonds is 6. The minimum Gasteiger partial charge on any atom is -0.491 e. The van der Waals surface area contributed by atoms with Crippen LogP contribution in [0.1, 0.15) is 5.56 Å². The Morgan fingerprint density at radius 3 is 2.48 bits per heavy atom. The number of imidazole rings is 1. The number of hydrogen-bond acceptors (Lipinski definition) is 6. The van der Waals surface area contributed by atoms with Gasteiger partial charge in [0.15, 0.2) is 11.2 Å². The minimum atomic E-state index is -0.877. The average molecular weight is 373 g/mol. The highest BCUT2D eigenvalue weighted by Crippen LogP contribution is 2.17. The molecule has 1 atom stereocenters. The zero-order valence-corrected chi connectivity index (χ0v) is 15.8. The smallest absolute Gasteiger partial charge is 0.332 e. The number of aliphatic hydroxyl groups excluding tert-OH is 1. The van der Waals surface area contributed by atoms with E-state index in [-0.39, 0.29) is 24.3 Å². The SMILES string of the molecule is CNc1nc2c(c(=O)n(C)c(=O)n2C)n1CC(O)COc1ccc(C)cc1. The molecule has 2 heterocycles. The van der Waals surface area contributed by atoms with Gasteiger partial charge in [-0.1, -0.05) is 17.7 Å². The minimum absolute atomic E-state index is 0.0535. The van der Waals surface area contributed by atoms with Crippen molar-refractivity contribution in [1.29, 1.82) is 0 Å². The Hall–Kier alpha value is -3.07. The van der Waals surface area contributed by atoms with Crippen molar-refractivity contribution in [2.75, 3.05) is 19.0 Å². The van der Waals surface area contributed by atoms with Gasteiger partial charge in [0.05, 0.1) is 6.54 Å². The fourth-order valence-electron chi connectivity index (χ4n) is 2.91. The van der Waals surface area contributed by atoms with Gasteiger partial charge >= 0.3 is 5.69 Å². The molecular formula is C18H23N5O4. The van der Waals surface area contributed by atoms with Crippen LogP contribution in [0.15, 0.2) is 33.9 Å². The highest BCUT2D eigenvalue weighted by atomic mass is 16.5. The predicted octanol–water partition coefficient (Wildman–Crippen LogP) is 0.224. The number of benzene rings is 1. The van der Waals surface area contributed by atoms with Crippen molar-refractivity contribution in [1.82, 2.24) is 18.7 Å². The molecule has 27 heavy (non-hydrogen) atoms. The van der Waals surface area contributed by atoms with E-state index in [1.165, 1.54) is 11.6 Å². The number of ether oxygens (including phenoxy) is 1. The molecule has 1 unspecified atom stereocenters. The molecule has 2 N–H and O–H groups in total. The summed E-state index contributed by atoms with van der Waals surface area (Å²) in [4.78, 5) is 29.0. The lowest BCUT2D eigenvalue weighted by Gasteiger charge is -2.15. The van der Waals surface area contributed by atoms with Crippen LogP contribution in [-0.4, -0.2) is 43.6 Å². The molecule has 9 nitrogen and oxygen atoms in total. The molecule has 0 amide bonds. The van der Waals surface area contributed by atoms with Crippen molar-refractivity contribution in [2.45, 2.75) is 19.6 Å². The first-order chi connectivity index (χ1) is 12.8. The van der Waals surface area contributed by atoms with Crippen molar-refractivity contribution >= 4 is 17.1 Å². The molecule has 0 aliphatic carbocycles. The Labute approximate surface area is 155 Å². The molecule has 0 aliphatic rings. The summed E-state index contributed by atoms with van der Waals surface area (Å²) >= 11 is 0. The summed E-state index contributed by atoms with van der Waals surface area (Å²) in [6.45, 7) is 2.12. The predicted molar refractivity (Wildman–Crippen MR) is 102 cm³/mol. The van der Waals surface area contributed by atoms with Crippen LogP contribution in [0.2, 0.25) is 0 Å². The fourth-order valence-corrected chi connectivity index (χ4v) is 2.91. The standard InChI is InChI=1S/C18H23N5O4/c1-11-5-7-13(8-6-11)27-10-12(24)9-23-14-15(20-17(23)19-2)21(3)18(26)22(4)16(14)25/h5-8,12,24H,9-10H2,1-4H3,(H,19,20). The van der Waals surface area contributed by atoms with Crippen LogP contribution in [0, 0.1) is 6.92 Å². The van der Waals surface area contributed by atoms with Crippen molar-refractivity contribution in [2.24, 2.45) is 14.1 Å². The van der Waals surface area contributed by atoms with Gasteiger partial charge < -0.3 is 19.7 Å². The van der Waals surface area contributed by atoms with Gasteiger partial charge in [0.25, 0.3) is 5.56 Å². The van der Waals surface area contributed by atoms with Crippen LogP contribution in [0.4, 0.5) is 5.95 Å². The van der Waals surface area contributed by atoms with Gasteiger partial charge in [-0.25, -0.2) is 4.79 Å². The van der Waals surface area contributed by atoms with Crippen molar-refractivity contribution < 1.29 is 9.84 Å². The maximum atomic E-state index is 12.6. The molecule has 9 heteroatoms. The second kappa shape index (κ2) is 7.28. The molecule has 0 radical (unpaired) electrons. The Morgan fingerprint density at radius 1 is 1.19 bits per heavy atom. The maximum absolute atomic E-state index is 12.6. The third-order valence-electron chi connectivity index (χ3n) is 4.43. The van der Waals surface area contributed by atoms with Gasteiger partial charge in [-0.3, -0.25) is 13.9 Å². The third-order valence-corrected chi connectivity index (χ3v) is 4.43. The van der Waals surface area contributed by atoms with Crippen LogP contribution in [-0.2, 0) is 20.6 Å². The van der Waals surface area contributed by atoms with Gasteiger partial charge in [0.1, 0.15) is 18.5 Å². The lowest BCUT2D eigenvalue weighted by atomic mass is 10.2. The maximum Gasteiger partial charge on any atom is 0.332 e. The molecule has 0 aliphatic heterocycles. The van der Waals surface area contributed by atoms with E-state index in [0.29, 0.717) is 11.7 Å². The summed E-state index contributed by atoms with van der Waals surface area (Å²) in [5.74, 6) is 1.04. The van der Waals surface area contributed by atoms with Crippen molar-refractivity contribution in [3.8, 4) is 5.75 Å². The van der Waals surface area contributed by atoms with Crippen LogP contribution >= 0.6 is 0 Å². The lowest BCUT2D eigenvalue weighted by Crippen LogP contribution is -2.38. The number of nitrogens with zero attached hydrogens (tertiary/aromatic N) is 4. The molecular weight excluding hydrogens is 350 g/mol. The number of aryl methyl sites for hydroxylation is 2. The molecule has 1 aromatic carbocycles. The van der Waals surface area contributed by atoms with Gasteiger partial charge in [0.2, 0.25) is 5.95 Å². The first-order valence-electron chi connectivity index (χ1n) is 8.55. The molecule has 3 rings (SSSR count). The summed E-state index contributed by atoms with van der Waals surface area (Å²) in [5.41, 5.74) is 0.710. The molecule has 0 bridgehead atoms. The Bertz CT molecular complexity index is 1080. The zero-order valence-electron chi connectivity index (χ0n) is 15.8. The molecule has 0 fully saturated rings. The Morgan fingerprint density at radius 2 is 1.85 bits per heavy atom. The van der Waals surface area contributed by atoms with Gasteiger partial charge in [-0.2, -0.15) is 4.98 Å². The highest BCUT2D eigenvalue weighted by molar-refractivity contribution is 5.74. The largest absolute Gasteiger partial charge is 0.491 e.